The molecule has 2 aliphatic rings. The predicted octanol–water partition coefficient (Wildman–Crippen LogP) is 2.17. The molecule has 0 radical (unpaired) electrons. The third-order valence-corrected chi connectivity index (χ3v) is 4.38. The summed E-state index contributed by atoms with van der Waals surface area (Å²) in [4.78, 5) is 13.6. The number of carbonyl (C=O) groups excluding carboxylic acids is 1. The van der Waals surface area contributed by atoms with Gasteiger partial charge in [0.15, 0.2) is 0 Å². The number of ether oxygens (including phenoxy) is 2. The number of carbonyl (C=O) groups is 1. The number of hydrogen-bond acceptors (Lipinski definition) is 5. The molecule has 116 valence electrons. The van der Waals surface area contributed by atoms with Gasteiger partial charge in [-0.25, -0.2) is 0 Å². The Morgan fingerprint density at radius 2 is 2.29 bits per heavy atom. The highest BCUT2D eigenvalue weighted by molar-refractivity contribution is 5.69. The van der Waals surface area contributed by atoms with Crippen LogP contribution >= 0.6 is 0 Å². The zero-order valence-corrected chi connectivity index (χ0v) is 12.7. The van der Waals surface area contributed by atoms with Crippen molar-refractivity contribution < 1.29 is 18.7 Å². The molecule has 1 saturated carbocycles. The largest absolute Gasteiger partial charge is 0.469 e. The third kappa shape index (κ3) is 3.66. The van der Waals surface area contributed by atoms with Gasteiger partial charge >= 0.3 is 5.97 Å². The van der Waals surface area contributed by atoms with Crippen molar-refractivity contribution >= 4 is 5.97 Å². The molecule has 0 amide bonds. The third-order valence-electron chi connectivity index (χ3n) is 4.38. The lowest BCUT2D eigenvalue weighted by Gasteiger charge is -2.31. The van der Waals surface area contributed by atoms with Crippen LogP contribution in [-0.4, -0.2) is 43.8 Å². The second-order valence-corrected chi connectivity index (χ2v) is 6.13. The molecule has 3 rings (SSSR count). The summed E-state index contributed by atoms with van der Waals surface area (Å²) in [6.07, 6.45) is 1.48. The van der Waals surface area contributed by atoms with Gasteiger partial charge in [-0.2, -0.15) is 0 Å². The Hall–Kier alpha value is -1.33. The molecule has 5 nitrogen and oxygen atoms in total. The van der Waals surface area contributed by atoms with Gasteiger partial charge in [-0.3, -0.25) is 9.69 Å². The first-order chi connectivity index (χ1) is 10.2. The van der Waals surface area contributed by atoms with E-state index < -0.39 is 0 Å². The van der Waals surface area contributed by atoms with Crippen molar-refractivity contribution in [3.05, 3.63) is 23.7 Å². The molecule has 0 unspecified atom stereocenters. The van der Waals surface area contributed by atoms with E-state index in [0.717, 1.165) is 37.1 Å². The van der Waals surface area contributed by atoms with Gasteiger partial charge in [-0.05, 0) is 24.5 Å². The van der Waals surface area contributed by atoms with Gasteiger partial charge in [0.05, 0.1) is 32.8 Å². The summed E-state index contributed by atoms with van der Waals surface area (Å²) in [6.45, 7) is 5.29. The van der Waals surface area contributed by atoms with Gasteiger partial charge in [0.2, 0.25) is 0 Å². The van der Waals surface area contributed by atoms with Crippen molar-refractivity contribution in [2.45, 2.75) is 38.3 Å². The van der Waals surface area contributed by atoms with Crippen molar-refractivity contribution in [1.82, 2.24) is 4.90 Å². The number of methoxy groups -OCH3 is 1. The molecule has 21 heavy (non-hydrogen) atoms. The number of hydrogen-bond donors (Lipinski definition) is 0. The Morgan fingerprint density at radius 3 is 3.00 bits per heavy atom. The van der Waals surface area contributed by atoms with Crippen LogP contribution in [0.15, 0.2) is 16.5 Å². The number of rotatable bonds is 5. The second kappa shape index (κ2) is 6.20. The standard InChI is InChI=1S/C16H23NO4/c1-11-7-14(11)15-4-3-12(21-15)9-17-5-6-20-13(10-17)8-16(18)19-2/h3-4,11,13-14H,5-10H2,1-2H3/t11-,13+,14+/m0/s1. The summed E-state index contributed by atoms with van der Waals surface area (Å²) >= 11 is 0. The first-order valence-corrected chi connectivity index (χ1v) is 7.65. The fourth-order valence-corrected chi connectivity index (χ4v) is 2.93. The van der Waals surface area contributed by atoms with Crippen LogP contribution < -0.4 is 0 Å². The molecule has 0 spiro atoms. The lowest BCUT2D eigenvalue weighted by atomic mass is 10.2. The Kier molecular flexibility index (Phi) is 4.31. The highest BCUT2D eigenvalue weighted by atomic mass is 16.5. The van der Waals surface area contributed by atoms with E-state index in [0.29, 0.717) is 18.9 Å². The number of esters is 1. The van der Waals surface area contributed by atoms with E-state index in [1.165, 1.54) is 13.5 Å². The average Bonchev–Trinajstić information content (AvgIpc) is 3.02. The zero-order chi connectivity index (χ0) is 14.8. The van der Waals surface area contributed by atoms with E-state index >= 15 is 0 Å². The van der Waals surface area contributed by atoms with Gasteiger partial charge in [0.25, 0.3) is 0 Å². The predicted molar refractivity (Wildman–Crippen MR) is 76.9 cm³/mol. The van der Waals surface area contributed by atoms with Crippen LogP contribution in [0.2, 0.25) is 0 Å². The lowest BCUT2D eigenvalue weighted by Crippen LogP contribution is -2.42. The molecule has 1 aromatic heterocycles. The second-order valence-electron chi connectivity index (χ2n) is 6.13. The minimum atomic E-state index is -0.218. The fraction of sp³-hybridized carbons (Fsp3) is 0.688. The van der Waals surface area contributed by atoms with Crippen LogP contribution in [0, 0.1) is 5.92 Å². The van der Waals surface area contributed by atoms with Crippen LogP contribution in [0.1, 0.15) is 37.2 Å². The molecule has 1 aliphatic heterocycles. The Balaban J connectivity index is 1.52. The normalized spacial score (nSPS) is 29.3. The Morgan fingerprint density at radius 1 is 1.48 bits per heavy atom. The van der Waals surface area contributed by atoms with E-state index in [2.05, 4.69) is 24.0 Å². The van der Waals surface area contributed by atoms with Crippen molar-refractivity contribution in [2.75, 3.05) is 26.8 Å². The maximum Gasteiger partial charge on any atom is 0.308 e. The van der Waals surface area contributed by atoms with E-state index in [4.69, 9.17) is 13.9 Å². The quantitative estimate of drug-likeness (QED) is 0.779. The topological polar surface area (TPSA) is 51.9 Å². The minimum Gasteiger partial charge on any atom is -0.469 e. The minimum absolute atomic E-state index is 0.0795. The summed E-state index contributed by atoms with van der Waals surface area (Å²) in [5.41, 5.74) is 0. The highest BCUT2D eigenvalue weighted by Crippen LogP contribution is 2.47. The van der Waals surface area contributed by atoms with E-state index in [1.807, 2.05) is 0 Å². The number of morpholine rings is 1. The van der Waals surface area contributed by atoms with Gasteiger partial charge in [-0.15, -0.1) is 0 Å². The summed E-state index contributed by atoms with van der Waals surface area (Å²) in [6, 6.07) is 4.18. The molecule has 2 heterocycles. The summed E-state index contributed by atoms with van der Waals surface area (Å²) in [5.74, 6) is 3.29. The smallest absolute Gasteiger partial charge is 0.308 e. The first kappa shape index (κ1) is 14.6. The molecular weight excluding hydrogens is 270 g/mol. The molecule has 0 N–H and O–H groups in total. The fourth-order valence-electron chi connectivity index (χ4n) is 2.93. The van der Waals surface area contributed by atoms with Gasteiger partial charge in [0.1, 0.15) is 11.5 Å². The van der Waals surface area contributed by atoms with Crippen molar-refractivity contribution in [3.63, 3.8) is 0 Å². The van der Waals surface area contributed by atoms with Crippen LogP contribution in [0.4, 0.5) is 0 Å². The maximum absolute atomic E-state index is 11.3. The highest BCUT2D eigenvalue weighted by Gasteiger charge is 2.36. The first-order valence-electron chi connectivity index (χ1n) is 7.65. The molecular formula is C16H23NO4. The Labute approximate surface area is 125 Å². The van der Waals surface area contributed by atoms with Gasteiger partial charge in [0, 0.05) is 19.0 Å². The lowest BCUT2D eigenvalue weighted by molar-refractivity contribution is -0.145. The van der Waals surface area contributed by atoms with Gasteiger partial charge in [-0.1, -0.05) is 6.92 Å². The molecule has 5 heteroatoms. The van der Waals surface area contributed by atoms with Crippen molar-refractivity contribution in [1.29, 1.82) is 0 Å². The van der Waals surface area contributed by atoms with E-state index in [1.54, 1.807) is 0 Å². The summed E-state index contributed by atoms with van der Waals surface area (Å²) in [5, 5.41) is 0. The van der Waals surface area contributed by atoms with Crippen molar-refractivity contribution in [2.24, 2.45) is 5.92 Å². The van der Waals surface area contributed by atoms with Crippen LogP contribution in [0.25, 0.3) is 0 Å². The maximum atomic E-state index is 11.3. The number of furan rings is 1. The zero-order valence-electron chi connectivity index (χ0n) is 12.7. The number of nitrogens with zero attached hydrogens (tertiary/aromatic N) is 1. The molecule has 1 saturated heterocycles. The summed E-state index contributed by atoms with van der Waals surface area (Å²) in [7, 11) is 1.41. The van der Waals surface area contributed by atoms with Crippen LogP contribution in [0.5, 0.6) is 0 Å². The van der Waals surface area contributed by atoms with E-state index in [-0.39, 0.29) is 12.1 Å². The van der Waals surface area contributed by atoms with Crippen LogP contribution in [0.3, 0.4) is 0 Å². The van der Waals surface area contributed by atoms with Crippen molar-refractivity contribution in [3.8, 4) is 0 Å². The molecule has 0 aromatic carbocycles. The molecule has 1 aliphatic carbocycles. The molecule has 0 bridgehead atoms. The molecule has 1 aromatic rings. The summed E-state index contributed by atoms with van der Waals surface area (Å²) < 4.78 is 16.3. The van der Waals surface area contributed by atoms with Gasteiger partial charge < -0.3 is 13.9 Å². The molecule has 2 fully saturated rings. The monoisotopic (exact) mass is 293 g/mol. The average molecular weight is 293 g/mol. The van der Waals surface area contributed by atoms with E-state index in [9.17, 15) is 4.79 Å². The molecule has 3 atom stereocenters. The Bertz CT molecular complexity index is 498. The SMILES string of the molecule is COC(=O)C[C@@H]1CN(Cc2ccc([C@@H]3C[C@@H]3C)o2)CCO1. The van der Waals surface area contributed by atoms with Crippen LogP contribution in [-0.2, 0) is 20.8 Å².